The minimum atomic E-state index is -3.26. The summed E-state index contributed by atoms with van der Waals surface area (Å²) in [4.78, 5) is 4.31. The first-order valence-corrected chi connectivity index (χ1v) is 11.9. The van der Waals surface area contributed by atoms with Gasteiger partial charge in [0, 0.05) is 25.6 Å². The predicted molar refractivity (Wildman–Crippen MR) is 125 cm³/mol. The van der Waals surface area contributed by atoms with Crippen LogP contribution in [-0.4, -0.2) is 35.0 Å². The predicted octanol–water partition coefficient (Wildman–Crippen LogP) is 2.94. The van der Waals surface area contributed by atoms with E-state index in [-0.39, 0.29) is 11.2 Å². The van der Waals surface area contributed by atoms with Gasteiger partial charge in [0.1, 0.15) is 0 Å². The summed E-state index contributed by atoms with van der Waals surface area (Å²) < 4.78 is 25.6. The molecular weight excluding hydrogens is 396 g/mol. The maximum atomic E-state index is 11.6. The molecular formula is C23H34N4O2S. The first-order chi connectivity index (χ1) is 14.2. The van der Waals surface area contributed by atoms with Gasteiger partial charge in [-0.05, 0) is 35.7 Å². The van der Waals surface area contributed by atoms with Gasteiger partial charge in [0.05, 0.1) is 5.75 Å². The first kappa shape index (κ1) is 23.9. The van der Waals surface area contributed by atoms with E-state index in [1.165, 1.54) is 18.2 Å². The number of benzene rings is 2. The molecule has 0 spiro atoms. The molecule has 3 N–H and O–H groups in total. The topological polar surface area (TPSA) is 82.6 Å². The molecule has 6 nitrogen and oxygen atoms in total. The first-order valence-electron chi connectivity index (χ1n) is 10.2. The van der Waals surface area contributed by atoms with Crippen LogP contribution in [0.3, 0.4) is 0 Å². The maximum absolute atomic E-state index is 11.6. The molecule has 0 fully saturated rings. The molecule has 0 heterocycles. The number of sulfonamides is 1. The zero-order valence-corrected chi connectivity index (χ0v) is 19.4. The summed E-state index contributed by atoms with van der Waals surface area (Å²) in [6.45, 7) is 7.94. The summed E-state index contributed by atoms with van der Waals surface area (Å²) in [6, 6.07) is 16.3. The van der Waals surface area contributed by atoms with Gasteiger partial charge in [-0.15, -0.1) is 0 Å². The Bertz CT molecular complexity index is 934. The second-order valence-corrected chi connectivity index (χ2v) is 9.92. The Morgan fingerprint density at radius 2 is 1.50 bits per heavy atom. The average molecular weight is 431 g/mol. The second kappa shape index (κ2) is 10.6. The molecule has 7 heteroatoms. The van der Waals surface area contributed by atoms with E-state index < -0.39 is 10.0 Å². The maximum Gasteiger partial charge on any atom is 0.215 e. The molecule has 2 aromatic rings. The fraction of sp³-hybridized carbons (Fsp3) is 0.435. The molecule has 0 aliphatic rings. The molecule has 0 aliphatic carbocycles. The van der Waals surface area contributed by atoms with E-state index in [0.717, 1.165) is 30.1 Å². The van der Waals surface area contributed by atoms with Crippen molar-refractivity contribution in [1.29, 1.82) is 0 Å². The highest BCUT2D eigenvalue weighted by atomic mass is 32.2. The molecule has 2 aromatic carbocycles. The molecule has 164 valence electrons. The van der Waals surface area contributed by atoms with E-state index in [1.54, 1.807) is 7.05 Å². The Hall–Kier alpha value is -2.38. The molecule has 0 radical (unpaired) electrons. The second-order valence-electron chi connectivity index (χ2n) is 7.99. The Morgan fingerprint density at radius 1 is 0.933 bits per heavy atom. The fourth-order valence-electron chi connectivity index (χ4n) is 3.05. The van der Waals surface area contributed by atoms with Gasteiger partial charge in [-0.3, -0.25) is 4.99 Å². The van der Waals surface area contributed by atoms with E-state index in [4.69, 9.17) is 0 Å². The highest BCUT2D eigenvalue weighted by Crippen LogP contribution is 2.22. The Balaban J connectivity index is 1.89. The van der Waals surface area contributed by atoms with Crippen molar-refractivity contribution in [2.75, 3.05) is 20.6 Å². The van der Waals surface area contributed by atoms with Gasteiger partial charge in [0.15, 0.2) is 5.96 Å². The van der Waals surface area contributed by atoms with Gasteiger partial charge in [0.25, 0.3) is 0 Å². The molecule has 0 atom stereocenters. The molecule has 0 unspecified atom stereocenters. The van der Waals surface area contributed by atoms with Crippen molar-refractivity contribution >= 4 is 16.0 Å². The summed E-state index contributed by atoms with van der Waals surface area (Å²) in [5.41, 5.74) is 4.40. The molecule has 0 saturated carbocycles. The van der Waals surface area contributed by atoms with Crippen LogP contribution in [-0.2, 0) is 34.2 Å². The van der Waals surface area contributed by atoms with Crippen LogP contribution in [0.2, 0.25) is 0 Å². The number of aryl methyl sites for hydroxylation is 1. The van der Waals surface area contributed by atoms with Crippen LogP contribution in [0.5, 0.6) is 0 Å². The molecule has 0 bridgehead atoms. The summed E-state index contributed by atoms with van der Waals surface area (Å²) in [7, 11) is -0.0798. The van der Waals surface area contributed by atoms with Gasteiger partial charge in [-0.25, -0.2) is 13.1 Å². The average Bonchev–Trinajstić information content (AvgIpc) is 2.74. The lowest BCUT2D eigenvalue weighted by molar-refractivity contribution is 0.508. The summed E-state index contributed by atoms with van der Waals surface area (Å²) in [5, 5.41) is 6.72. The molecule has 0 aliphatic heterocycles. The van der Waals surface area contributed by atoms with Gasteiger partial charge in [-0.2, -0.15) is 0 Å². The lowest BCUT2D eigenvalue weighted by Gasteiger charge is -2.27. The Morgan fingerprint density at radius 3 is 2.03 bits per heavy atom. The third-order valence-corrected chi connectivity index (χ3v) is 6.55. The van der Waals surface area contributed by atoms with Crippen molar-refractivity contribution in [2.24, 2.45) is 4.99 Å². The van der Waals surface area contributed by atoms with Crippen LogP contribution in [0.4, 0.5) is 0 Å². The minimum Gasteiger partial charge on any atom is -0.356 e. The van der Waals surface area contributed by atoms with Crippen molar-refractivity contribution in [3.63, 3.8) is 0 Å². The van der Waals surface area contributed by atoms with Crippen molar-refractivity contribution in [3.05, 3.63) is 70.8 Å². The van der Waals surface area contributed by atoms with Crippen LogP contribution in [0.1, 0.15) is 43.0 Å². The minimum absolute atomic E-state index is 0.0191. The number of nitrogens with one attached hydrogen (secondary N) is 3. The third-order valence-electron chi connectivity index (χ3n) is 5.22. The smallest absolute Gasteiger partial charge is 0.215 e. The van der Waals surface area contributed by atoms with Gasteiger partial charge in [-0.1, -0.05) is 69.3 Å². The number of rotatable bonds is 9. The van der Waals surface area contributed by atoms with Gasteiger partial charge < -0.3 is 10.6 Å². The van der Waals surface area contributed by atoms with E-state index in [0.29, 0.717) is 6.54 Å². The van der Waals surface area contributed by atoms with Crippen molar-refractivity contribution in [3.8, 4) is 0 Å². The van der Waals surface area contributed by atoms with Gasteiger partial charge in [0.2, 0.25) is 10.0 Å². The molecule has 30 heavy (non-hydrogen) atoms. The quantitative estimate of drug-likeness (QED) is 0.422. The van der Waals surface area contributed by atoms with Crippen molar-refractivity contribution in [2.45, 2.75) is 44.9 Å². The SMILES string of the molecule is CCc1ccc(C(C)(C)CNC(=NC)NCc2ccc(CS(=O)(=O)NC)cc2)cc1. The highest BCUT2D eigenvalue weighted by molar-refractivity contribution is 7.88. The zero-order chi connectivity index (χ0) is 22.2. The Kier molecular flexibility index (Phi) is 8.43. The van der Waals surface area contributed by atoms with Crippen molar-refractivity contribution < 1.29 is 8.42 Å². The lowest BCUT2D eigenvalue weighted by Crippen LogP contribution is -2.43. The molecule has 0 saturated heterocycles. The van der Waals surface area contributed by atoms with E-state index >= 15 is 0 Å². The van der Waals surface area contributed by atoms with Gasteiger partial charge >= 0.3 is 0 Å². The number of hydrogen-bond donors (Lipinski definition) is 3. The highest BCUT2D eigenvalue weighted by Gasteiger charge is 2.20. The van der Waals surface area contributed by atoms with E-state index in [9.17, 15) is 8.42 Å². The van der Waals surface area contributed by atoms with Crippen LogP contribution in [0.15, 0.2) is 53.5 Å². The summed E-state index contributed by atoms with van der Waals surface area (Å²) in [6.07, 6.45) is 1.04. The number of nitrogens with zero attached hydrogens (tertiary/aromatic N) is 1. The van der Waals surface area contributed by atoms with Crippen LogP contribution in [0, 0.1) is 0 Å². The molecule has 0 aromatic heterocycles. The van der Waals surface area contributed by atoms with Crippen LogP contribution in [0.25, 0.3) is 0 Å². The summed E-state index contributed by atoms with van der Waals surface area (Å²) in [5.74, 6) is 0.712. The Labute approximate surface area is 181 Å². The zero-order valence-electron chi connectivity index (χ0n) is 18.6. The fourth-order valence-corrected chi connectivity index (χ4v) is 3.83. The van der Waals surface area contributed by atoms with Crippen LogP contribution < -0.4 is 15.4 Å². The normalized spacial score (nSPS) is 12.6. The third kappa shape index (κ3) is 7.15. The summed E-state index contributed by atoms with van der Waals surface area (Å²) >= 11 is 0. The monoisotopic (exact) mass is 430 g/mol. The molecule has 2 rings (SSSR count). The van der Waals surface area contributed by atoms with Crippen molar-refractivity contribution in [1.82, 2.24) is 15.4 Å². The largest absolute Gasteiger partial charge is 0.356 e. The number of guanidine groups is 1. The van der Waals surface area contributed by atoms with Crippen LogP contribution >= 0.6 is 0 Å². The standard InChI is InChI=1S/C23H34N4O2S/c1-6-18-11-13-21(14-12-18)23(2,3)17-27-22(24-4)26-15-19-7-9-20(10-8-19)16-30(28,29)25-5/h7-14,25H,6,15-17H2,1-5H3,(H2,24,26,27). The van der Waals surface area contributed by atoms with E-state index in [2.05, 4.69) is 65.4 Å². The molecule has 0 amide bonds. The number of hydrogen-bond acceptors (Lipinski definition) is 3. The lowest BCUT2D eigenvalue weighted by atomic mass is 9.84. The number of aliphatic imine (C=N–C) groups is 1. The van der Waals surface area contributed by atoms with E-state index in [1.807, 2.05) is 24.3 Å².